The molecular weight excluding hydrogens is 955 g/mol. The number of anilines is 4. The summed E-state index contributed by atoms with van der Waals surface area (Å²) in [4.78, 5) is 9.42. The molecule has 1 aliphatic heterocycles. The Hall–Kier alpha value is -7.67. The van der Waals surface area contributed by atoms with Crippen LogP contribution in [-0.2, 0) is 21.1 Å². The van der Waals surface area contributed by atoms with E-state index in [1.54, 1.807) is 0 Å². The molecule has 7 nitrogen and oxygen atoms in total. The van der Waals surface area contributed by atoms with Gasteiger partial charge in [-0.05, 0) is 59.7 Å². The van der Waals surface area contributed by atoms with Crippen molar-refractivity contribution >= 4 is 68.2 Å². The number of para-hydroxylation sites is 6. The predicted molar refractivity (Wildman–Crippen MR) is 249 cm³/mol. The van der Waals surface area contributed by atoms with Crippen LogP contribution in [0.25, 0.3) is 49.9 Å². The van der Waals surface area contributed by atoms with Crippen LogP contribution in [0, 0.1) is 18.5 Å². The molecule has 1 aliphatic rings. The molecule has 0 saturated carbocycles. The van der Waals surface area contributed by atoms with Gasteiger partial charge in [-0.2, -0.15) is 12.1 Å². The minimum atomic E-state index is -0.214. The van der Waals surface area contributed by atoms with Crippen molar-refractivity contribution in [3.8, 4) is 28.6 Å². The minimum absolute atomic E-state index is 0. The smallest absolute Gasteiger partial charge is 0.408 e. The second kappa shape index (κ2) is 16.0. The van der Waals surface area contributed by atoms with Gasteiger partial charge in [-0.25, -0.2) is 4.98 Å². The van der Waals surface area contributed by atoms with Crippen LogP contribution in [0.3, 0.4) is 0 Å². The second-order valence-corrected chi connectivity index (χ2v) is 15.2. The van der Waals surface area contributed by atoms with Gasteiger partial charge in [0.15, 0.2) is 0 Å². The molecule has 3 aromatic heterocycles. The molecule has 0 spiro atoms. The van der Waals surface area contributed by atoms with Crippen molar-refractivity contribution in [1.82, 2.24) is 14.1 Å². The maximum absolute atomic E-state index is 6.68. The van der Waals surface area contributed by atoms with Gasteiger partial charge in [-0.3, -0.25) is 4.57 Å². The van der Waals surface area contributed by atoms with Crippen LogP contribution in [0.5, 0.6) is 11.5 Å². The largest absolute Gasteiger partial charge is 0.510 e. The Morgan fingerprint density at radius 3 is 1.98 bits per heavy atom. The third-order valence-electron chi connectivity index (χ3n) is 11.6. The van der Waals surface area contributed by atoms with Gasteiger partial charge < -0.3 is 23.5 Å². The van der Waals surface area contributed by atoms with Crippen LogP contribution in [-0.4, -0.2) is 21.1 Å². The summed E-state index contributed by atoms with van der Waals surface area (Å²) in [5, 5.41) is 2.38. The van der Waals surface area contributed by atoms with Gasteiger partial charge >= 0.3 is 6.98 Å². The van der Waals surface area contributed by atoms with Gasteiger partial charge in [0.25, 0.3) is 6.33 Å². The Balaban J connectivity index is 0.00000444. The quantitative estimate of drug-likeness (QED) is 0.0864. The summed E-state index contributed by atoms with van der Waals surface area (Å²) in [5.41, 5.74) is 11.2. The number of fused-ring (bicyclic) bond motifs is 5. The number of rotatable bonds is 8. The van der Waals surface area contributed by atoms with Crippen molar-refractivity contribution in [2.24, 2.45) is 0 Å². The summed E-state index contributed by atoms with van der Waals surface area (Å²) in [5.74, 6) is 1.94. The first-order valence-corrected chi connectivity index (χ1v) is 20.7. The Bertz CT molecular complexity index is 3420. The van der Waals surface area contributed by atoms with Crippen LogP contribution < -0.4 is 24.4 Å². The zero-order valence-corrected chi connectivity index (χ0v) is 36.0. The molecule has 9 heteroatoms. The molecule has 0 fully saturated rings. The molecule has 0 bridgehead atoms. The zero-order valence-electron chi connectivity index (χ0n) is 33.7. The van der Waals surface area contributed by atoms with E-state index in [2.05, 4.69) is 193 Å². The minimum Gasteiger partial charge on any atom is -0.510 e. The first-order valence-electron chi connectivity index (χ1n) is 20.7. The molecule has 0 saturated heterocycles. The van der Waals surface area contributed by atoms with E-state index in [4.69, 9.17) is 9.72 Å². The predicted octanol–water partition coefficient (Wildman–Crippen LogP) is 11.3. The topological polar surface area (TPSA) is 42.3 Å². The molecule has 0 amide bonds. The Morgan fingerprint density at radius 2 is 1.19 bits per heavy atom. The maximum atomic E-state index is 6.68. The third kappa shape index (κ3) is 6.50. The van der Waals surface area contributed by atoms with Gasteiger partial charge in [0.1, 0.15) is 5.82 Å². The average Bonchev–Trinajstić information content (AvgIpc) is 4.01. The normalized spacial score (nSPS) is 12.2. The number of hydrogen-bond donors (Lipinski definition) is 0. The average molecular weight is 990 g/mol. The molecule has 8 aromatic carbocycles. The second-order valence-electron chi connectivity index (χ2n) is 15.2. The zero-order chi connectivity index (χ0) is 41.0. The summed E-state index contributed by atoms with van der Waals surface area (Å²) in [6, 6.07) is 78.4. The van der Waals surface area contributed by atoms with Crippen molar-refractivity contribution in [1.29, 1.82) is 0 Å². The third-order valence-corrected chi connectivity index (χ3v) is 11.6. The molecule has 302 valence electrons. The number of pyridine rings is 1. The van der Waals surface area contributed by atoms with Crippen molar-refractivity contribution in [2.45, 2.75) is 0 Å². The molecule has 0 atom stereocenters. The van der Waals surface area contributed by atoms with Crippen molar-refractivity contribution < 1.29 is 30.4 Å². The van der Waals surface area contributed by atoms with E-state index >= 15 is 0 Å². The number of ether oxygens (including phenoxy) is 1. The van der Waals surface area contributed by atoms with E-state index in [-0.39, 0.29) is 28.0 Å². The van der Waals surface area contributed by atoms with Crippen LogP contribution in [0.15, 0.2) is 212 Å². The summed E-state index contributed by atoms with van der Waals surface area (Å²) < 4.78 is 13.3. The molecule has 12 rings (SSSR count). The van der Waals surface area contributed by atoms with E-state index in [0.717, 1.165) is 67.5 Å². The van der Waals surface area contributed by atoms with E-state index < -0.39 is 0 Å². The SMILES string of the molecule is [Pt].[c-]1c(Oc2[c-]c3c(cc2)N(c2ccccc2)B(c2ccccc2)N3c2ccccn2)cccc1-n1[c-][n+](-c2cccc3c4ccccc4n(-c4ccccc4)c23)c2ccccc21. The monoisotopic (exact) mass is 989 g/mol. The molecule has 11 aromatic rings. The fourth-order valence-electron chi connectivity index (χ4n) is 8.98. The maximum Gasteiger partial charge on any atom is 0.408 e. The molecular formula is C54H35BN6OPt-2. The molecule has 0 unspecified atom stereocenters. The van der Waals surface area contributed by atoms with Crippen LogP contribution in [0.2, 0.25) is 0 Å². The fraction of sp³-hybridized carbons (Fsp3) is 0. The fourth-order valence-corrected chi connectivity index (χ4v) is 8.98. The standard InChI is InChI=1S/C54H35BN6O.Pt/c1-4-18-39(19-5-1)55-60(41-22-8-3-9-23-41)50-34-33-44(37-52(50)61(55)53-32-14-15-35-56-53)62-43-25-16-24-42(36-43)57-38-58(49-30-13-12-29-48(49)57)51-31-17-27-46-45-26-10-11-28-47(45)59(54(46)51)40-20-6-2-7-21-40;/h1-35H;/q-2;. The Kier molecular flexibility index (Phi) is 9.71. The van der Waals surface area contributed by atoms with Crippen LogP contribution in [0.4, 0.5) is 22.9 Å². The molecule has 63 heavy (non-hydrogen) atoms. The number of benzene rings is 8. The van der Waals surface area contributed by atoms with Crippen molar-refractivity contribution in [3.63, 3.8) is 0 Å². The summed E-state index contributed by atoms with van der Waals surface area (Å²) >= 11 is 0. The van der Waals surface area contributed by atoms with Gasteiger partial charge in [-0.15, -0.1) is 30.3 Å². The molecule has 0 N–H and O–H groups in total. The van der Waals surface area contributed by atoms with Crippen LogP contribution in [0.1, 0.15) is 0 Å². The number of hydrogen-bond acceptors (Lipinski definition) is 4. The molecule has 0 aliphatic carbocycles. The number of imidazole rings is 1. The molecule has 0 radical (unpaired) electrons. The van der Waals surface area contributed by atoms with Gasteiger partial charge in [0.05, 0.1) is 27.8 Å². The van der Waals surface area contributed by atoms with Crippen molar-refractivity contribution in [3.05, 3.63) is 231 Å². The van der Waals surface area contributed by atoms with Crippen molar-refractivity contribution in [2.75, 3.05) is 9.62 Å². The van der Waals surface area contributed by atoms with Gasteiger partial charge in [-0.1, -0.05) is 139 Å². The van der Waals surface area contributed by atoms with E-state index in [1.807, 2.05) is 60.8 Å². The number of aromatic nitrogens is 4. The first kappa shape index (κ1) is 38.3. The van der Waals surface area contributed by atoms with E-state index in [9.17, 15) is 0 Å². The summed E-state index contributed by atoms with van der Waals surface area (Å²) in [7, 11) is 0. The van der Waals surface area contributed by atoms with E-state index in [0.29, 0.717) is 11.5 Å². The van der Waals surface area contributed by atoms with Crippen LogP contribution >= 0.6 is 0 Å². The van der Waals surface area contributed by atoms with E-state index in [1.165, 1.54) is 10.8 Å². The molecule has 4 heterocycles. The Labute approximate surface area is 379 Å². The Morgan fingerprint density at radius 1 is 0.524 bits per heavy atom. The van der Waals surface area contributed by atoms with Gasteiger partial charge in [0.2, 0.25) is 0 Å². The first-order chi connectivity index (χ1) is 30.8. The number of nitrogens with zero attached hydrogens (tertiary/aromatic N) is 6. The van der Waals surface area contributed by atoms with Gasteiger partial charge in [0, 0.05) is 60.9 Å². The summed E-state index contributed by atoms with van der Waals surface area (Å²) in [6.07, 6.45) is 5.57. The summed E-state index contributed by atoms with van der Waals surface area (Å²) in [6.45, 7) is -0.214.